The molecular formula is C13H28ClN. The lowest BCUT2D eigenvalue weighted by atomic mass is 10.2. The van der Waals surface area contributed by atoms with Crippen LogP contribution in [-0.2, 0) is 0 Å². The number of halogens is 1. The minimum absolute atomic E-state index is 0. The van der Waals surface area contributed by atoms with Gasteiger partial charge in [0.05, 0.1) is 0 Å². The van der Waals surface area contributed by atoms with E-state index in [9.17, 15) is 0 Å². The molecule has 0 aromatic carbocycles. The predicted octanol–water partition coefficient (Wildman–Crippen LogP) is 4.62. The first-order valence-electron chi connectivity index (χ1n) is 6.15. The molecule has 0 fully saturated rings. The first kappa shape index (κ1) is 17.2. The number of unbranched alkanes of at least 4 members (excludes halogenated alkanes) is 2. The number of nitrogens with zero attached hydrogens (tertiary/aromatic N) is 1. The molecular weight excluding hydrogens is 206 g/mol. The molecule has 0 bridgehead atoms. The molecule has 0 aliphatic heterocycles. The molecule has 0 spiro atoms. The zero-order valence-corrected chi connectivity index (χ0v) is 11.7. The molecule has 0 amide bonds. The molecule has 0 unspecified atom stereocenters. The Morgan fingerprint density at radius 2 is 1.47 bits per heavy atom. The average Bonchev–Trinajstić information content (AvgIpc) is 2.21. The van der Waals surface area contributed by atoms with Gasteiger partial charge in [-0.05, 0) is 32.4 Å². The topological polar surface area (TPSA) is 3.24 Å². The summed E-state index contributed by atoms with van der Waals surface area (Å²) in [7, 11) is 0. The van der Waals surface area contributed by atoms with Gasteiger partial charge in [-0.25, -0.2) is 0 Å². The fraction of sp³-hybridized carbons (Fsp3) is 0.846. The van der Waals surface area contributed by atoms with Gasteiger partial charge in [-0.3, -0.25) is 0 Å². The van der Waals surface area contributed by atoms with Gasteiger partial charge in [-0.1, -0.05) is 39.2 Å². The third-order valence-corrected chi connectivity index (χ3v) is 2.56. The lowest BCUT2D eigenvalue weighted by Crippen LogP contribution is -2.20. The summed E-state index contributed by atoms with van der Waals surface area (Å²) in [6.45, 7) is 11.4. The summed E-state index contributed by atoms with van der Waals surface area (Å²) < 4.78 is 0. The number of rotatable bonds is 8. The Bertz CT molecular complexity index is 147. The summed E-state index contributed by atoms with van der Waals surface area (Å²) in [5.41, 5.74) is 1.50. The molecule has 0 aromatic heterocycles. The Balaban J connectivity index is 0. The minimum atomic E-state index is 0. The Kier molecular flexibility index (Phi) is 13.7. The predicted molar refractivity (Wildman–Crippen MR) is 72.7 cm³/mol. The van der Waals surface area contributed by atoms with Crippen LogP contribution in [0.15, 0.2) is 11.8 Å². The van der Waals surface area contributed by atoms with Crippen molar-refractivity contribution >= 4 is 12.4 Å². The molecule has 0 N–H and O–H groups in total. The third kappa shape index (κ3) is 10.1. The van der Waals surface area contributed by atoms with E-state index in [1.165, 1.54) is 50.8 Å². The van der Waals surface area contributed by atoms with Gasteiger partial charge in [0.2, 0.25) is 0 Å². The van der Waals surface area contributed by atoms with Crippen molar-refractivity contribution in [2.75, 3.05) is 13.1 Å². The van der Waals surface area contributed by atoms with Crippen molar-refractivity contribution in [3.8, 4) is 0 Å². The summed E-state index contributed by atoms with van der Waals surface area (Å²) in [6, 6.07) is 0. The van der Waals surface area contributed by atoms with E-state index in [-0.39, 0.29) is 12.4 Å². The minimum Gasteiger partial charge on any atom is -0.377 e. The van der Waals surface area contributed by atoms with Crippen LogP contribution in [0.4, 0.5) is 0 Å². The second-order valence-corrected chi connectivity index (χ2v) is 4.07. The maximum absolute atomic E-state index is 2.49. The summed E-state index contributed by atoms with van der Waals surface area (Å²) in [5, 5.41) is 0. The molecule has 0 atom stereocenters. The summed E-state index contributed by atoms with van der Waals surface area (Å²) in [5.74, 6) is 0. The number of hydrogen-bond donors (Lipinski definition) is 0. The Hall–Kier alpha value is -0.170. The lowest BCUT2D eigenvalue weighted by Gasteiger charge is -2.21. The summed E-state index contributed by atoms with van der Waals surface area (Å²) in [4.78, 5) is 2.49. The van der Waals surface area contributed by atoms with E-state index < -0.39 is 0 Å². The molecule has 0 radical (unpaired) electrons. The van der Waals surface area contributed by atoms with Crippen molar-refractivity contribution in [1.29, 1.82) is 0 Å². The first-order chi connectivity index (χ1) is 6.74. The van der Waals surface area contributed by atoms with Gasteiger partial charge >= 0.3 is 0 Å². The second-order valence-electron chi connectivity index (χ2n) is 4.07. The summed E-state index contributed by atoms with van der Waals surface area (Å²) in [6.07, 6.45) is 8.75. The normalized spacial score (nSPS) is 11.1. The van der Waals surface area contributed by atoms with E-state index in [1.807, 2.05) is 0 Å². The lowest BCUT2D eigenvalue weighted by molar-refractivity contribution is 0.357. The Morgan fingerprint density at radius 1 is 1.00 bits per heavy atom. The molecule has 0 aromatic rings. The highest BCUT2D eigenvalue weighted by atomic mass is 35.5. The van der Waals surface area contributed by atoms with Crippen LogP contribution in [0, 0.1) is 0 Å². The first-order valence-corrected chi connectivity index (χ1v) is 6.15. The molecule has 0 saturated heterocycles. The van der Waals surface area contributed by atoms with Crippen molar-refractivity contribution in [1.82, 2.24) is 4.90 Å². The van der Waals surface area contributed by atoms with Crippen molar-refractivity contribution in [2.45, 2.75) is 59.8 Å². The molecule has 2 heteroatoms. The fourth-order valence-electron chi connectivity index (χ4n) is 1.37. The highest BCUT2D eigenvalue weighted by Gasteiger charge is 1.98. The Labute approximate surface area is 102 Å². The molecule has 0 aliphatic carbocycles. The quantitative estimate of drug-likeness (QED) is 0.591. The van der Waals surface area contributed by atoms with E-state index >= 15 is 0 Å². The van der Waals surface area contributed by atoms with Crippen LogP contribution >= 0.6 is 12.4 Å². The maximum atomic E-state index is 2.49. The van der Waals surface area contributed by atoms with Crippen LogP contribution in [0.3, 0.4) is 0 Å². The molecule has 1 nitrogen and oxygen atoms in total. The van der Waals surface area contributed by atoms with E-state index in [0.717, 1.165) is 0 Å². The molecule has 0 rings (SSSR count). The van der Waals surface area contributed by atoms with Crippen LogP contribution in [0.5, 0.6) is 0 Å². The van der Waals surface area contributed by atoms with Gasteiger partial charge in [0.25, 0.3) is 0 Å². The third-order valence-electron chi connectivity index (χ3n) is 2.56. The molecule has 0 heterocycles. The van der Waals surface area contributed by atoms with Gasteiger partial charge in [-0.15, -0.1) is 12.4 Å². The smallest absolute Gasteiger partial charge is 0.0172 e. The highest BCUT2D eigenvalue weighted by Crippen LogP contribution is 2.05. The highest BCUT2D eigenvalue weighted by molar-refractivity contribution is 5.85. The average molecular weight is 234 g/mol. The monoisotopic (exact) mass is 233 g/mol. The fourth-order valence-corrected chi connectivity index (χ4v) is 1.37. The van der Waals surface area contributed by atoms with Gasteiger partial charge in [-0.2, -0.15) is 0 Å². The summed E-state index contributed by atoms with van der Waals surface area (Å²) >= 11 is 0. The van der Waals surface area contributed by atoms with E-state index in [2.05, 4.69) is 38.8 Å². The number of allylic oxidation sites excluding steroid dienone is 1. The van der Waals surface area contributed by atoms with Gasteiger partial charge in [0.1, 0.15) is 0 Å². The van der Waals surface area contributed by atoms with E-state index in [0.29, 0.717) is 0 Å². The standard InChI is InChI=1S/C13H27N.ClH/c1-5-8-10-14(11-9-6-2)12-13(4)7-3;/h12H,5-11H2,1-4H3;1H. The molecule has 0 aliphatic rings. The van der Waals surface area contributed by atoms with Crippen molar-refractivity contribution < 1.29 is 0 Å². The van der Waals surface area contributed by atoms with E-state index in [1.54, 1.807) is 0 Å². The van der Waals surface area contributed by atoms with Crippen LogP contribution in [0.25, 0.3) is 0 Å². The maximum Gasteiger partial charge on any atom is 0.0172 e. The zero-order chi connectivity index (χ0) is 10.8. The largest absolute Gasteiger partial charge is 0.377 e. The van der Waals surface area contributed by atoms with Crippen molar-refractivity contribution in [2.24, 2.45) is 0 Å². The zero-order valence-electron chi connectivity index (χ0n) is 10.9. The Morgan fingerprint density at radius 3 is 1.80 bits per heavy atom. The van der Waals surface area contributed by atoms with Crippen molar-refractivity contribution in [3.63, 3.8) is 0 Å². The van der Waals surface area contributed by atoms with Gasteiger partial charge < -0.3 is 4.90 Å². The van der Waals surface area contributed by atoms with Crippen LogP contribution in [0.2, 0.25) is 0 Å². The van der Waals surface area contributed by atoms with Crippen LogP contribution in [-0.4, -0.2) is 18.0 Å². The van der Waals surface area contributed by atoms with Crippen LogP contribution in [0.1, 0.15) is 59.8 Å². The van der Waals surface area contributed by atoms with Crippen LogP contribution < -0.4 is 0 Å². The van der Waals surface area contributed by atoms with Gasteiger partial charge in [0.15, 0.2) is 0 Å². The van der Waals surface area contributed by atoms with Gasteiger partial charge in [0, 0.05) is 13.1 Å². The SMILES string of the molecule is CCCCN(C=C(C)CC)CCCC.Cl. The molecule has 0 saturated carbocycles. The van der Waals surface area contributed by atoms with Crippen molar-refractivity contribution in [3.05, 3.63) is 11.8 Å². The second kappa shape index (κ2) is 11.9. The molecule has 15 heavy (non-hydrogen) atoms. The molecule has 92 valence electrons. The number of hydrogen-bond acceptors (Lipinski definition) is 1. The van der Waals surface area contributed by atoms with E-state index in [4.69, 9.17) is 0 Å².